The van der Waals surface area contributed by atoms with Crippen LogP contribution < -0.4 is 0 Å². The van der Waals surface area contributed by atoms with E-state index in [1.54, 1.807) is 18.6 Å². The van der Waals surface area contributed by atoms with Gasteiger partial charge in [-0.3, -0.25) is 19.9 Å². The summed E-state index contributed by atoms with van der Waals surface area (Å²) in [6.45, 7) is 7.96. The van der Waals surface area contributed by atoms with E-state index in [0.29, 0.717) is 25.5 Å². The molecule has 134 valence electrons. The minimum absolute atomic E-state index is 0.0260. The minimum atomic E-state index is -0.0675. The van der Waals surface area contributed by atoms with Crippen LogP contribution in [0, 0.1) is 0 Å². The third-order valence-corrected chi connectivity index (χ3v) is 4.44. The van der Waals surface area contributed by atoms with Crippen molar-refractivity contribution >= 4 is 5.91 Å². The van der Waals surface area contributed by atoms with E-state index < -0.39 is 0 Å². The zero-order valence-electron chi connectivity index (χ0n) is 15.0. The second-order valence-electron chi connectivity index (χ2n) is 7.38. The highest BCUT2D eigenvalue weighted by Gasteiger charge is 2.30. The maximum Gasteiger partial charge on any atom is 0.274 e. The Hall–Kier alpha value is -2.28. The van der Waals surface area contributed by atoms with Crippen LogP contribution in [0.2, 0.25) is 0 Å². The molecule has 1 unspecified atom stereocenters. The first-order chi connectivity index (χ1) is 11.9. The summed E-state index contributed by atoms with van der Waals surface area (Å²) in [6, 6.07) is 1.88. The molecule has 1 saturated heterocycles. The van der Waals surface area contributed by atoms with E-state index in [-0.39, 0.29) is 17.4 Å². The standard InChI is InChI=1S/C18H25N5O2/c1-18(2,3)16-10-15(21-22-16)17(24)23-8-9-25-12-14(23)5-4-13-11-19-6-7-20-13/h6-7,10-11,14H,4-5,8-9,12H2,1-3H3,(H,21,22). The van der Waals surface area contributed by atoms with Crippen LogP contribution in [0.5, 0.6) is 0 Å². The first-order valence-electron chi connectivity index (χ1n) is 8.64. The number of amides is 1. The van der Waals surface area contributed by atoms with Crippen LogP contribution in [0.3, 0.4) is 0 Å². The molecule has 2 aromatic heterocycles. The van der Waals surface area contributed by atoms with Crippen molar-refractivity contribution in [3.05, 3.63) is 41.7 Å². The van der Waals surface area contributed by atoms with Crippen LogP contribution in [0.1, 0.15) is 49.1 Å². The molecule has 2 aromatic rings. The summed E-state index contributed by atoms with van der Waals surface area (Å²) in [5.41, 5.74) is 2.29. The van der Waals surface area contributed by atoms with Crippen LogP contribution >= 0.6 is 0 Å². The number of nitrogens with one attached hydrogen (secondary N) is 1. The minimum Gasteiger partial charge on any atom is -0.377 e. The topological polar surface area (TPSA) is 84.0 Å². The fraction of sp³-hybridized carbons (Fsp3) is 0.556. The van der Waals surface area contributed by atoms with Gasteiger partial charge in [0.05, 0.1) is 24.9 Å². The van der Waals surface area contributed by atoms with E-state index in [9.17, 15) is 4.79 Å². The molecule has 3 heterocycles. The summed E-state index contributed by atoms with van der Waals surface area (Å²) in [4.78, 5) is 23.2. The summed E-state index contributed by atoms with van der Waals surface area (Å²) in [5.74, 6) is -0.0424. The van der Waals surface area contributed by atoms with Gasteiger partial charge < -0.3 is 9.64 Å². The summed E-state index contributed by atoms with van der Waals surface area (Å²) in [5, 5.41) is 7.22. The predicted molar refractivity (Wildman–Crippen MR) is 93.3 cm³/mol. The van der Waals surface area contributed by atoms with Gasteiger partial charge in [0.1, 0.15) is 5.69 Å². The molecule has 1 fully saturated rings. The molecule has 0 aliphatic carbocycles. The molecule has 25 heavy (non-hydrogen) atoms. The molecule has 3 rings (SSSR count). The number of aromatic amines is 1. The Morgan fingerprint density at radius 1 is 1.40 bits per heavy atom. The highest BCUT2D eigenvalue weighted by molar-refractivity contribution is 5.92. The zero-order valence-corrected chi connectivity index (χ0v) is 15.0. The van der Waals surface area contributed by atoms with Crippen molar-refractivity contribution in [1.29, 1.82) is 0 Å². The van der Waals surface area contributed by atoms with E-state index in [1.165, 1.54) is 0 Å². The van der Waals surface area contributed by atoms with Crippen LogP contribution in [0.4, 0.5) is 0 Å². The third-order valence-electron chi connectivity index (χ3n) is 4.44. The largest absolute Gasteiger partial charge is 0.377 e. The van der Waals surface area contributed by atoms with Gasteiger partial charge in [-0.25, -0.2) is 0 Å². The summed E-state index contributed by atoms with van der Waals surface area (Å²) in [7, 11) is 0. The number of hydrogen-bond donors (Lipinski definition) is 1. The molecule has 1 atom stereocenters. The molecule has 1 amide bonds. The van der Waals surface area contributed by atoms with Gasteiger partial charge in [-0.15, -0.1) is 0 Å². The monoisotopic (exact) mass is 343 g/mol. The van der Waals surface area contributed by atoms with Crippen molar-refractivity contribution in [2.45, 2.75) is 45.1 Å². The highest BCUT2D eigenvalue weighted by Crippen LogP contribution is 2.22. The second kappa shape index (κ2) is 7.31. The number of hydrogen-bond acceptors (Lipinski definition) is 5. The summed E-state index contributed by atoms with van der Waals surface area (Å²) >= 11 is 0. The molecule has 1 aliphatic rings. The maximum atomic E-state index is 12.9. The van der Waals surface area contributed by atoms with Gasteiger partial charge >= 0.3 is 0 Å². The number of rotatable bonds is 4. The van der Waals surface area contributed by atoms with Crippen LogP contribution in [-0.4, -0.2) is 56.8 Å². The number of nitrogens with zero attached hydrogens (tertiary/aromatic N) is 4. The highest BCUT2D eigenvalue weighted by atomic mass is 16.5. The second-order valence-corrected chi connectivity index (χ2v) is 7.38. The predicted octanol–water partition coefficient (Wildman–Crippen LogP) is 1.97. The van der Waals surface area contributed by atoms with Gasteiger partial charge in [-0.1, -0.05) is 20.8 Å². The number of ether oxygens (including phenoxy) is 1. The van der Waals surface area contributed by atoms with Gasteiger partial charge in [-0.05, 0) is 18.9 Å². The summed E-state index contributed by atoms with van der Waals surface area (Å²) < 4.78 is 5.59. The van der Waals surface area contributed by atoms with Gasteiger partial charge in [0.15, 0.2) is 0 Å². The number of aryl methyl sites for hydroxylation is 1. The number of morpholine rings is 1. The van der Waals surface area contributed by atoms with Crippen molar-refractivity contribution in [3.63, 3.8) is 0 Å². The Kier molecular flexibility index (Phi) is 5.13. The maximum absolute atomic E-state index is 12.9. The molecule has 0 bridgehead atoms. The molecule has 7 heteroatoms. The van der Waals surface area contributed by atoms with Gasteiger partial charge in [0.25, 0.3) is 5.91 Å². The average Bonchev–Trinajstić information content (AvgIpc) is 3.11. The van der Waals surface area contributed by atoms with Crippen molar-refractivity contribution in [2.75, 3.05) is 19.8 Å². The van der Waals surface area contributed by atoms with Crippen LogP contribution in [-0.2, 0) is 16.6 Å². The van der Waals surface area contributed by atoms with Crippen molar-refractivity contribution in [3.8, 4) is 0 Å². The number of carbonyl (C=O) groups is 1. The Bertz CT molecular complexity index is 708. The SMILES string of the molecule is CC(C)(C)c1cc(C(=O)N2CCOCC2CCc2cnccn2)n[nH]1. The number of aromatic nitrogens is 4. The molecular weight excluding hydrogens is 318 g/mol. The van der Waals surface area contributed by atoms with E-state index >= 15 is 0 Å². The van der Waals surface area contributed by atoms with Crippen molar-refractivity contribution in [1.82, 2.24) is 25.1 Å². The Balaban J connectivity index is 1.69. The van der Waals surface area contributed by atoms with Gasteiger partial charge in [0.2, 0.25) is 0 Å². The van der Waals surface area contributed by atoms with Gasteiger partial charge in [-0.2, -0.15) is 5.10 Å². The first kappa shape index (κ1) is 17.5. The molecule has 1 N–H and O–H groups in total. The number of H-pyrrole nitrogens is 1. The Morgan fingerprint density at radius 3 is 2.92 bits per heavy atom. The summed E-state index contributed by atoms with van der Waals surface area (Å²) in [6.07, 6.45) is 6.67. The molecule has 7 nitrogen and oxygen atoms in total. The Labute approximate surface area is 147 Å². The normalized spacial score (nSPS) is 18.4. The molecule has 1 aliphatic heterocycles. The quantitative estimate of drug-likeness (QED) is 0.917. The molecule has 0 saturated carbocycles. The zero-order chi connectivity index (χ0) is 17.9. The average molecular weight is 343 g/mol. The third kappa shape index (κ3) is 4.22. The van der Waals surface area contributed by atoms with Crippen molar-refractivity contribution < 1.29 is 9.53 Å². The van der Waals surface area contributed by atoms with E-state index in [0.717, 1.165) is 24.2 Å². The van der Waals surface area contributed by atoms with E-state index in [1.807, 2.05) is 11.0 Å². The smallest absolute Gasteiger partial charge is 0.274 e. The number of carbonyl (C=O) groups excluding carboxylic acids is 1. The first-order valence-corrected chi connectivity index (χ1v) is 8.64. The molecular formula is C18H25N5O2. The molecule has 0 spiro atoms. The lowest BCUT2D eigenvalue weighted by atomic mass is 9.92. The lowest BCUT2D eigenvalue weighted by Gasteiger charge is -2.35. The molecule has 0 radical (unpaired) electrons. The van der Waals surface area contributed by atoms with Crippen molar-refractivity contribution in [2.24, 2.45) is 0 Å². The lowest BCUT2D eigenvalue weighted by molar-refractivity contribution is -0.00443. The molecule has 0 aromatic carbocycles. The van der Waals surface area contributed by atoms with Crippen LogP contribution in [0.25, 0.3) is 0 Å². The van der Waals surface area contributed by atoms with E-state index in [4.69, 9.17) is 4.74 Å². The fourth-order valence-corrected chi connectivity index (χ4v) is 2.90. The Morgan fingerprint density at radius 2 is 2.24 bits per heavy atom. The van der Waals surface area contributed by atoms with Crippen LogP contribution in [0.15, 0.2) is 24.7 Å². The van der Waals surface area contributed by atoms with Gasteiger partial charge in [0, 0.05) is 36.2 Å². The lowest BCUT2D eigenvalue weighted by Crippen LogP contribution is -2.49. The van der Waals surface area contributed by atoms with E-state index in [2.05, 4.69) is 40.9 Å². The fourth-order valence-electron chi connectivity index (χ4n) is 2.90.